The number of nitrogens with zero attached hydrogens (tertiary/aromatic N) is 1. The summed E-state index contributed by atoms with van der Waals surface area (Å²) in [4.78, 5) is 2.04. The molecule has 1 fully saturated rings. The SMILES string of the molecule is CC1CC(C)CN(C(O)C(O)C(C)(C)c2ccccc2-c2ccc(Cl)cc2)C1. The van der Waals surface area contributed by atoms with Gasteiger partial charge < -0.3 is 10.2 Å². The fourth-order valence-electron chi connectivity index (χ4n) is 4.59. The van der Waals surface area contributed by atoms with Crippen LogP contribution in [0.5, 0.6) is 0 Å². The van der Waals surface area contributed by atoms with Crippen molar-refractivity contribution in [3.63, 3.8) is 0 Å². The molecule has 1 heterocycles. The highest BCUT2D eigenvalue weighted by Gasteiger charge is 2.40. The summed E-state index contributed by atoms with van der Waals surface area (Å²) in [7, 11) is 0. The summed E-state index contributed by atoms with van der Waals surface area (Å²) in [5, 5.41) is 23.0. The zero-order valence-corrected chi connectivity index (χ0v) is 18.0. The third-order valence-corrected chi connectivity index (χ3v) is 6.32. The minimum absolute atomic E-state index is 0.523. The van der Waals surface area contributed by atoms with Crippen molar-refractivity contribution in [1.29, 1.82) is 0 Å². The van der Waals surface area contributed by atoms with Crippen molar-refractivity contribution < 1.29 is 10.2 Å². The van der Waals surface area contributed by atoms with Crippen LogP contribution in [-0.4, -0.2) is 40.5 Å². The van der Waals surface area contributed by atoms with E-state index in [2.05, 4.69) is 19.9 Å². The highest BCUT2D eigenvalue weighted by Crippen LogP contribution is 2.38. The topological polar surface area (TPSA) is 43.7 Å². The third kappa shape index (κ3) is 4.44. The molecule has 2 aromatic rings. The second-order valence-corrected chi connectivity index (χ2v) is 9.47. The number of hydrogen-bond acceptors (Lipinski definition) is 3. The summed E-state index contributed by atoms with van der Waals surface area (Å²) in [5.41, 5.74) is 2.49. The monoisotopic (exact) mass is 401 g/mol. The standard InChI is InChI=1S/C24H32ClNO2/c1-16-13-17(2)15-26(14-16)23(28)22(27)24(3,4)21-8-6-5-7-20(21)18-9-11-19(25)12-10-18/h5-12,16-17,22-23,27-28H,13-15H2,1-4H3. The molecule has 4 heteroatoms. The summed E-state index contributed by atoms with van der Waals surface area (Å²) in [6.45, 7) is 10.1. The van der Waals surface area contributed by atoms with E-state index in [-0.39, 0.29) is 0 Å². The molecule has 0 amide bonds. The van der Waals surface area contributed by atoms with Gasteiger partial charge in [-0.2, -0.15) is 0 Å². The molecule has 0 radical (unpaired) electrons. The Bertz CT molecular complexity index is 779. The third-order valence-electron chi connectivity index (χ3n) is 6.07. The zero-order chi connectivity index (χ0) is 20.5. The van der Waals surface area contributed by atoms with Crippen LogP contribution in [0.3, 0.4) is 0 Å². The van der Waals surface area contributed by atoms with E-state index in [0.29, 0.717) is 16.9 Å². The Balaban J connectivity index is 1.91. The predicted octanol–water partition coefficient (Wildman–Crippen LogP) is 4.94. The minimum Gasteiger partial charge on any atom is -0.388 e. The van der Waals surface area contributed by atoms with Gasteiger partial charge in [0, 0.05) is 23.5 Å². The van der Waals surface area contributed by atoms with E-state index in [4.69, 9.17) is 11.6 Å². The first-order valence-electron chi connectivity index (χ1n) is 10.2. The first-order chi connectivity index (χ1) is 13.2. The molecule has 0 bridgehead atoms. The van der Waals surface area contributed by atoms with Crippen molar-refractivity contribution in [1.82, 2.24) is 4.90 Å². The Morgan fingerprint density at radius 1 is 0.964 bits per heavy atom. The van der Waals surface area contributed by atoms with Gasteiger partial charge in [-0.3, -0.25) is 4.90 Å². The van der Waals surface area contributed by atoms with Crippen LogP contribution in [0.1, 0.15) is 39.7 Å². The quantitative estimate of drug-likeness (QED) is 0.745. The Hall–Kier alpha value is -1.39. The minimum atomic E-state index is -0.904. The van der Waals surface area contributed by atoms with E-state index >= 15 is 0 Å². The molecule has 1 saturated heterocycles. The number of halogens is 1. The maximum Gasteiger partial charge on any atom is 0.134 e. The van der Waals surface area contributed by atoms with Crippen molar-refractivity contribution in [3.8, 4) is 11.1 Å². The summed E-state index contributed by atoms with van der Waals surface area (Å²) in [6.07, 6.45) is -0.626. The van der Waals surface area contributed by atoms with Gasteiger partial charge in [0.05, 0.1) is 0 Å². The molecule has 0 spiro atoms. The molecular formula is C24H32ClNO2. The number of hydrogen-bond donors (Lipinski definition) is 2. The number of aliphatic hydroxyl groups is 2. The highest BCUT2D eigenvalue weighted by atomic mass is 35.5. The first-order valence-corrected chi connectivity index (χ1v) is 10.5. The molecule has 152 valence electrons. The van der Waals surface area contributed by atoms with E-state index in [9.17, 15) is 10.2 Å². The molecule has 1 aliphatic rings. The number of benzene rings is 2. The molecule has 4 unspecified atom stereocenters. The van der Waals surface area contributed by atoms with E-state index in [1.54, 1.807) is 0 Å². The van der Waals surface area contributed by atoms with Gasteiger partial charge in [0.15, 0.2) is 0 Å². The van der Waals surface area contributed by atoms with Gasteiger partial charge in [0.1, 0.15) is 12.3 Å². The maximum atomic E-state index is 11.2. The van der Waals surface area contributed by atoms with Crippen LogP contribution in [0.25, 0.3) is 11.1 Å². The lowest BCUT2D eigenvalue weighted by Gasteiger charge is -2.43. The van der Waals surface area contributed by atoms with E-state index in [0.717, 1.165) is 29.8 Å². The Kier molecular flexibility index (Phi) is 6.51. The number of rotatable bonds is 5. The van der Waals surface area contributed by atoms with Gasteiger partial charge in [-0.25, -0.2) is 0 Å². The molecule has 4 atom stereocenters. The van der Waals surface area contributed by atoms with Gasteiger partial charge in [-0.1, -0.05) is 75.7 Å². The van der Waals surface area contributed by atoms with Crippen molar-refractivity contribution in [2.75, 3.05) is 13.1 Å². The van der Waals surface area contributed by atoms with Crippen molar-refractivity contribution in [3.05, 3.63) is 59.1 Å². The second kappa shape index (κ2) is 8.54. The van der Waals surface area contributed by atoms with Gasteiger partial charge in [-0.15, -0.1) is 0 Å². The van der Waals surface area contributed by atoms with Gasteiger partial charge >= 0.3 is 0 Å². The van der Waals surface area contributed by atoms with Crippen LogP contribution in [0.15, 0.2) is 48.5 Å². The van der Waals surface area contributed by atoms with Gasteiger partial charge in [0.2, 0.25) is 0 Å². The van der Waals surface area contributed by atoms with Crippen LogP contribution < -0.4 is 0 Å². The molecule has 3 nitrogen and oxygen atoms in total. The molecule has 28 heavy (non-hydrogen) atoms. The Morgan fingerprint density at radius 2 is 1.54 bits per heavy atom. The van der Waals surface area contributed by atoms with Crippen LogP contribution in [0, 0.1) is 11.8 Å². The summed E-state index contributed by atoms with van der Waals surface area (Å²) in [5.74, 6) is 1.05. The molecule has 2 N–H and O–H groups in total. The van der Waals surface area contributed by atoms with Crippen LogP contribution in [0.4, 0.5) is 0 Å². The number of piperidine rings is 1. The maximum absolute atomic E-state index is 11.2. The average molecular weight is 402 g/mol. The molecule has 1 aliphatic heterocycles. The van der Waals surface area contributed by atoms with Crippen LogP contribution >= 0.6 is 11.6 Å². The largest absolute Gasteiger partial charge is 0.388 e. The van der Waals surface area contributed by atoms with E-state index < -0.39 is 17.7 Å². The first kappa shape index (κ1) is 21.3. The number of likely N-dealkylation sites (tertiary alicyclic amines) is 1. The second-order valence-electron chi connectivity index (χ2n) is 9.03. The number of aliphatic hydroxyl groups excluding tert-OH is 2. The van der Waals surface area contributed by atoms with E-state index in [1.807, 2.05) is 61.2 Å². The molecular weight excluding hydrogens is 370 g/mol. The van der Waals surface area contributed by atoms with Crippen molar-refractivity contribution >= 4 is 11.6 Å². The molecule has 2 aromatic carbocycles. The Morgan fingerprint density at radius 3 is 2.14 bits per heavy atom. The zero-order valence-electron chi connectivity index (χ0n) is 17.3. The predicted molar refractivity (Wildman–Crippen MR) is 116 cm³/mol. The summed E-state index contributed by atoms with van der Waals surface area (Å²) in [6, 6.07) is 15.8. The fraction of sp³-hybridized carbons (Fsp3) is 0.500. The van der Waals surface area contributed by atoms with Crippen molar-refractivity contribution in [2.24, 2.45) is 11.8 Å². The molecule has 3 rings (SSSR count). The highest BCUT2D eigenvalue weighted by molar-refractivity contribution is 6.30. The molecule has 0 saturated carbocycles. The van der Waals surface area contributed by atoms with Crippen LogP contribution in [-0.2, 0) is 5.41 Å². The van der Waals surface area contributed by atoms with E-state index in [1.165, 1.54) is 6.42 Å². The lowest BCUT2D eigenvalue weighted by molar-refractivity contribution is -0.124. The Labute approximate surface area is 174 Å². The van der Waals surface area contributed by atoms with Crippen molar-refractivity contribution in [2.45, 2.75) is 51.9 Å². The normalized spacial score (nSPS) is 23.4. The average Bonchev–Trinajstić information content (AvgIpc) is 2.66. The molecule has 0 aromatic heterocycles. The lowest BCUT2D eigenvalue weighted by atomic mass is 9.75. The van der Waals surface area contributed by atoms with Gasteiger partial charge in [0.25, 0.3) is 0 Å². The summed E-state index contributed by atoms with van der Waals surface area (Å²) < 4.78 is 0. The van der Waals surface area contributed by atoms with Crippen LogP contribution in [0.2, 0.25) is 5.02 Å². The van der Waals surface area contributed by atoms with Gasteiger partial charge in [-0.05, 0) is 47.1 Å². The lowest BCUT2D eigenvalue weighted by Crippen LogP contribution is -2.55. The summed E-state index contributed by atoms with van der Waals surface area (Å²) >= 11 is 6.05. The fourth-order valence-corrected chi connectivity index (χ4v) is 4.71. The smallest absolute Gasteiger partial charge is 0.134 e. The molecule has 0 aliphatic carbocycles.